The van der Waals surface area contributed by atoms with Crippen molar-refractivity contribution in [1.29, 1.82) is 0 Å². The molecule has 0 amide bonds. The Kier molecular flexibility index (Phi) is 5.79. The highest BCUT2D eigenvalue weighted by atomic mass is 32.2. The Hall–Kier alpha value is -0.910. The van der Waals surface area contributed by atoms with Gasteiger partial charge in [-0.15, -0.1) is 0 Å². The van der Waals surface area contributed by atoms with Crippen molar-refractivity contribution in [2.75, 3.05) is 19.8 Å². The minimum atomic E-state index is -3.15. The van der Waals surface area contributed by atoms with E-state index in [1.165, 1.54) is 18.4 Å². The summed E-state index contributed by atoms with van der Waals surface area (Å²) in [5, 5.41) is 0. The second-order valence-corrected chi connectivity index (χ2v) is 8.16. The van der Waals surface area contributed by atoms with Gasteiger partial charge in [0.25, 0.3) is 0 Å². The average Bonchev–Trinajstić information content (AvgIpc) is 2.89. The van der Waals surface area contributed by atoms with E-state index >= 15 is 0 Å². The van der Waals surface area contributed by atoms with Gasteiger partial charge < -0.3 is 4.90 Å². The fourth-order valence-corrected chi connectivity index (χ4v) is 4.33. The first-order valence-corrected chi connectivity index (χ1v) is 9.30. The number of rotatable bonds is 7. The van der Waals surface area contributed by atoms with Crippen LogP contribution in [0, 0.1) is 5.92 Å². The lowest BCUT2D eigenvalue weighted by Crippen LogP contribution is -2.28. The molecule has 0 heterocycles. The monoisotopic (exact) mass is 310 g/mol. The van der Waals surface area contributed by atoms with E-state index in [1.54, 1.807) is 0 Å². The summed E-state index contributed by atoms with van der Waals surface area (Å²) >= 11 is 0. The van der Waals surface area contributed by atoms with Crippen molar-refractivity contribution in [3.05, 3.63) is 35.4 Å². The molecule has 0 aliphatic heterocycles. The molecule has 1 fully saturated rings. The Morgan fingerprint density at radius 2 is 1.67 bits per heavy atom. The molecule has 0 bridgehead atoms. The summed E-state index contributed by atoms with van der Waals surface area (Å²) in [6, 6.07) is 8.11. The summed E-state index contributed by atoms with van der Waals surface area (Å²) < 4.78 is 26.8. The van der Waals surface area contributed by atoms with E-state index < -0.39 is 10.0 Å². The van der Waals surface area contributed by atoms with Gasteiger partial charge in [-0.1, -0.05) is 37.1 Å². The lowest BCUT2D eigenvalue weighted by atomic mass is 10.1. The van der Waals surface area contributed by atoms with Crippen LogP contribution < -0.4 is 4.72 Å². The molecule has 1 aliphatic carbocycles. The van der Waals surface area contributed by atoms with Gasteiger partial charge >= 0.3 is 0 Å². The molecule has 4 nitrogen and oxygen atoms in total. The fourth-order valence-electron chi connectivity index (χ4n) is 2.87. The minimum absolute atomic E-state index is 0.283. The zero-order valence-corrected chi connectivity index (χ0v) is 13.8. The largest absolute Gasteiger partial charge is 0.305 e. The normalized spacial score (nSPS) is 16.7. The van der Waals surface area contributed by atoms with Gasteiger partial charge in [-0.05, 0) is 44.0 Å². The van der Waals surface area contributed by atoms with E-state index in [2.05, 4.69) is 21.8 Å². The SMILES string of the molecule is CN(C)Cc1ccc(CNS(=O)(=O)CC2CCCC2)cc1. The van der Waals surface area contributed by atoms with Crippen LogP contribution in [0.5, 0.6) is 0 Å². The van der Waals surface area contributed by atoms with Crippen molar-refractivity contribution in [3.8, 4) is 0 Å². The smallest absolute Gasteiger partial charge is 0.212 e. The maximum Gasteiger partial charge on any atom is 0.212 e. The maximum absolute atomic E-state index is 12.1. The first-order valence-electron chi connectivity index (χ1n) is 7.64. The molecular formula is C16H26N2O2S. The van der Waals surface area contributed by atoms with Gasteiger partial charge in [0.1, 0.15) is 0 Å². The lowest BCUT2D eigenvalue weighted by Gasteiger charge is -2.12. The van der Waals surface area contributed by atoms with E-state index in [0.717, 1.165) is 24.9 Å². The standard InChI is InChI=1S/C16H26N2O2S/c1-18(2)12-15-9-7-14(8-10-15)11-17-21(19,20)13-16-5-3-4-6-16/h7-10,16-17H,3-6,11-13H2,1-2H3. The highest BCUT2D eigenvalue weighted by molar-refractivity contribution is 7.89. The Labute approximate surface area is 128 Å². The maximum atomic E-state index is 12.1. The average molecular weight is 310 g/mol. The quantitative estimate of drug-likeness (QED) is 0.841. The molecule has 21 heavy (non-hydrogen) atoms. The lowest BCUT2D eigenvalue weighted by molar-refractivity contribution is 0.402. The van der Waals surface area contributed by atoms with E-state index in [0.29, 0.717) is 12.5 Å². The molecule has 1 N–H and O–H groups in total. The van der Waals surface area contributed by atoms with Crippen LogP contribution >= 0.6 is 0 Å². The molecule has 0 aromatic heterocycles. The van der Waals surface area contributed by atoms with Crippen LogP contribution in [0.15, 0.2) is 24.3 Å². The highest BCUT2D eigenvalue weighted by Crippen LogP contribution is 2.25. The van der Waals surface area contributed by atoms with Gasteiger partial charge in [0, 0.05) is 13.1 Å². The van der Waals surface area contributed by atoms with E-state index in [-0.39, 0.29) is 5.75 Å². The molecule has 1 aromatic carbocycles. The van der Waals surface area contributed by atoms with Crippen LogP contribution in [0.1, 0.15) is 36.8 Å². The predicted octanol–water partition coefficient (Wildman–Crippen LogP) is 2.36. The summed E-state index contributed by atoms with van der Waals surface area (Å²) in [7, 11) is 0.915. The summed E-state index contributed by atoms with van der Waals surface area (Å²) in [5.74, 6) is 0.635. The summed E-state index contributed by atoms with van der Waals surface area (Å²) in [6.07, 6.45) is 4.46. The number of nitrogens with zero attached hydrogens (tertiary/aromatic N) is 1. The summed E-state index contributed by atoms with van der Waals surface area (Å²) in [4.78, 5) is 2.11. The molecular weight excluding hydrogens is 284 g/mol. The van der Waals surface area contributed by atoms with Crippen LogP contribution in [-0.4, -0.2) is 33.2 Å². The Balaban J connectivity index is 1.84. The van der Waals surface area contributed by atoms with Crippen LogP contribution in [0.25, 0.3) is 0 Å². The van der Waals surface area contributed by atoms with Gasteiger partial charge in [-0.25, -0.2) is 13.1 Å². The molecule has 2 rings (SSSR count). The number of hydrogen-bond acceptors (Lipinski definition) is 3. The number of benzene rings is 1. The van der Waals surface area contributed by atoms with Crippen molar-refractivity contribution >= 4 is 10.0 Å². The molecule has 0 spiro atoms. The third kappa shape index (κ3) is 5.77. The van der Waals surface area contributed by atoms with Gasteiger partial charge in [0.15, 0.2) is 0 Å². The third-order valence-corrected chi connectivity index (χ3v) is 5.44. The van der Waals surface area contributed by atoms with Crippen molar-refractivity contribution in [3.63, 3.8) is 0 Å². The van der Waals surface area contributed by atoms with Crippen molar-refractivity contribution in [2.24, 2.45) is 5.92 Å². The van der Waals surface area contributed by atoms with Gasteiger partial charge in [0.2, 0.25) is 10.0 Å². The zero-order valence-electron chi connectivity index (χ0n) is 13.0. The van der Waals surface area contributed by atoms with Crippen LogP contribution in [0.3, 0.4) is 0 Å². The molecule has 0 unspecified atom stereocenters. The summed E-state index contributed by atoms with van der Waals surface area (Å²) in [6.45, 7) is 1.28. The van der Waals surface area contributed by atoms with Crippen LogP contribution in [0.4, 0.5) is 0 Å². The molecule has 0 radical (unpaired) electrons. The summed E-state index contributed by atoms with van der Waals surface area (Å²) in [5.41, 5.74) is 2.24. The number of sulfonamides is 1. The second-order valence-electron chi connectivity index (χ2n) is 6.31. The van der Waals surface area contributed by atoms with Crippen LogP contribution in [-0.2, 0) is 23.1 Å². The van der Waals surface area contributed by atoms with Gasteiger partial charge in [0.05, 0.1) is 5.75 Å². The van der Waals surface area contributed by atoms with Crippen molar-refractivity contribution in [2.45, 2.75) is 38.8 Å². The topological polar surface area (TPSA) is 49.4 Å². The second kappa shape index (κ2) is 7.38. The third-order valence-electron chi connectivity index (χ3n) is 3.95. The van der Waals surface area contributed by atoms with Crippen molar-refractivity contribution in [1.82, 2.24) is 9.62 Å². The first-order chi connectivity index (χ1) is 9.94. The van der Waals surface area contributed by atoms with Crippen molar-refractivity contribution < 1.29 is 8.42 Å². The molecule has 0 atom stereocenters. The zero-order chi connectivity index (χ0) is 15.3. The first kappa shape index (κ1) is 16.5. The molecule has 5 heteroatoms. The molecule has 118 valence electrons. The number of hydrogen-bond donors (Lipinski definition) is 1. The van der Waals surface area contributed by atoms with E-state index in [9.17, 15) is 8.42 Å². The fraction of sp³-hybridized carbons (Fsp3) is 0.625. The Morgan fingerprint density at radius 3 is 2.24 bits per heavy atom. The van der Waals surface area contributed by atoms with E-state index in [4.69, 9.17) is 0 Å². The Bertz CT molecular complexity index is 532. The molecule has 1 aliphatic rings. The molecule has 0 saturated heterocycles. The molecule has 1 saturated carbocycles. The van der Waals surface area contributed by atoms with Crippen LogP contribution in [0.2, 0.25) is 0 Å². The highest BCUT2D eigenvalue weighted by Gasteiger charge is 2.22. The van der Waals surface area contributed by atoms with Gasteiger partial charge in [-0.2, -0.15) is 0 Å². The minimum Gasteiger partial charge on any atom is -0.305 e. The molecule has 1 aromatic rings. The van der Waals surface area contributed by atoms with Gasteiger partial charge in [-0.3, -0.25) is 0 Å². The van der Waals surface area contributed by atoms with E-state index in [1.807, 2.05) is 26.2 Å². The number of nitrogens with one attached hydrogen (secondary N) is 1. The Morgan fingerprint density at radius 1 is 1.10 bits per heavy atom. The predicted molar refractivity (Wildman–Crippen MR) is 86.4 cm³/mol.